The zero-order chi connectivity index (χ0) is 9.64. The van der Waals surface area contributed by atoms with Gasteiger partial charge in [0.2, 0.25) is 0 Å². The molecule has 14 heavy (non-hydrogen) atoms. The molecule has 0 radical (unpaired) electrons. The zero-order valence-corrected chi connectivity index (χ0v) is 9.48. The van der Waals surface area contributed by atoms with E-state index in [1.54, 1.807) is 0 Å². The number of hydrogen-bond acceptors (Lipinski definition) is 2. The van der Waals surface area contributed by atoms with Crippen molar-refractivity contribution < 1.29 is 0 Å². The van der Waals surface area contributed by atoms with E-state index < -0.39 is 0 Å². The van der Waals surface area contributed by atoms with Crippen LogP contribution in [0.5, 0.6) is 0 Å². The Morgan fingerprint density at radius 1 is 1.43 bits per heavy atom. The molecule has 0 amide bonds. The first-order valence-corrected chi connectivity index (χ1v) is 6.61. The molecule has 2 rings (SSSR count). The quantitative estimate of drug-likeness (QED) is 0.735. The van der Waals surface area contributed by atoms with E-state index in [1.165, 1.54) is 50.8 Å². The zero-order valence-electron chi connectivity index (χ0n) is 8.67. The summed E-state index contributed by atoms with van der Waals surface area (Å²) in [6.45, 7) is 2.51. The third kappa shape index (κ3) is 3.10. The average molecular weight is 209 g/mol. The highest BCUT2D eigenvalue weighted by atomic mass is 32.1. The number of unbranched alkanes of at least 4 members (excludes halogenated alkanes) is 1. The fourth-order valence-corrected chi connectivity index (χ4v) is 2.86. The van der Waals surface area contributed by atoms with Gasteiger partial charge in [0.1, 0.15) is 0 Å². The summed E-state index contributed by atoms with van der Waals surface area (Å²) in [5.41, 5.74) is 1.53. The molecule has 1 atom stereocenters. The Morgan fingerprint density at radius 3 is 3.14 bits per heavy atom. The monoisotopic (exact) mass is 209 g/mol. The van der Waals surface area contributed by atoms with Gasteiger partial charge in [-0.3, -0.25) is 0 Å². The maximum atomic E-state index is 3.43. The second-order valence-electron chi connectivity index (χ2n) is 4.24. The van der Waals surface area contributed by atoms with Gasteiger partial charge in [-0.1, -0.05) is 6.42 Å². The number of rotatable bonds is 5. The van der Waals surface area contributed by atoms with Crippen LogP contribution in [0.15, 0.2) is 16.8 Å². The average Bonchev–Trinajstić information content (AvgIpc) is 2.86. The van der Waals surface area contributed by atoms with Gasteiger partial charge in [-0.2, -0.15) is 11.3 Å². The highest BCUT2D eigenvalue weighted by Crippen LogP contribution is 2.17. The predicted octanol–water partition coefficient (Wildman–Crippen LogP) is 3.07. The molecule has 1 aliphatic heterocycles. The van der Waals surface area contributed by atoms with Crippen LogP contribution >= 0.6 is 11.3 Å². The maximum Gasteiger partial charge on any atom is -0.00200 e. The maximum absolute atomic E-state index is 3.43. The first-order valence-electron chi connectivity index (χ1n) is 5.67. The van der Waals surface area contributed by atoms with Gasteiger partial charge < -0.3 is 5.32 Å². The van der Waals surface area contributed by atoms with E-state index in [1.807, 2.05) is 11.3 Å². The minimum Gasteiger partial charge on any atom is -0.316 e. The number of hydrogen-bond donors (Lipinski definition) is 1. The van der Waals surface area contributed by atoms with Crippen molar-refractivity contribution in [3.05, 3.63) is 22.4 Å². The van der Waals surface area contributed by atoms with Crippen molar-refractivity contribution in [1.82, 2.24) is 5.32 Å². The molecule has 1 N–H and O–H groups in total. The summed E-state index contributed by atoms with van der Waals surface area (Å²) in [7, 11) is 0. The Bertz CT molecular complexity index is 237. The van der Waals surface area contributed by atoms with Crippen LogP contribution < -0.4 is 5.32 Å². The fourth-order valence-electron chi connectivity index (χ4n) is 2.16. The van der Waals surface area contributed by atoms with E-state index in [-0.39, 0.29) is 0 Å². The molecule has 0 aliphatic carbocycles. The Labute approximate surface area is 90.5 Å². The van der Waals surface area contributed by atoms with E-state index in [0.29, 0.717) is 0 Å². The molecule has 0 spiro atoms. The SMILES string of the molecule is c1cc(CCCCC2CCNC2)cs1. The van der Waals surface area contributed by atoms with Gasteiger partial charge in [0.25, 0.3) is 0 Å². The van der Waals surface area contributed by atoms with Gasteiger partial charge >= 0.3 is 0 Å². The van der Waals surface area contributed by atoms with Crippen LogP contribution in [0.2, 0.25) is 0 Å². The summed E-state index contributed by atoms with van der Waals surface area (Å²) in [5.74, 6) is 0.970. The van der Waals surface area contributed by atoms with Crippen LogP contribution in [0.3, 0.4) is 0 Å². The first-order chi connectivity index (χ1) is 6.95. The molecule has 1 aromatic rings. The van der Waals surface area contributed by atoms with Crippen molar-refractivity contribution >= 4 is 11.3 Å². The number of aryl methyl sites for hydroxylation is 1. The molecule has 1 aromatic heterocycles. The molecule has 2 heteroatoms. The standard InChI is InChI=1S/C12H19NS/c1(3-11-5-7-13-9-11)2-4-12-6-8-14-10-12/h6,8,10-11,13H,1-5,7,9H2. The van der Waals surface area contributed by atoms with Gasteiger partial charge in [0.15, 0.2) is 0 Å². The molecule has 1 saturated heterocycles. The van der Waals surface area contributed by atoms with E-state index in [9.17, 15) is 0 Å². The normalized spacial score (nSPS) is 21.6. The fraction of sp³-hybridized carbons (Fsp3) is 0.667. The van der Waals surface area contributed by atoms with Crippen molar-refractivity contribution in [1.29, 1.82) is 0 Å². The van der Waals surface area contributed by atoms with Crippen LogP contribution in [0, 0.1) is 5.92 Å². The summed E-state index contributed by atoms with van der Waals surface area (Å²) >= 11 is 1.81. The van der Waals surface area contributed by atoms with Crippen LogP contribution in [0.4, 0.5) is 0 Å². The van der Waals surface area contributed by atoms with E-state index in [4.69, 9.17) is 0 Å². The van der Waals surface area contributed by atoms with E-state index in [0.717, 1.165) is 5.92 Å². The lowest BCUT2D eigenvalue weighted by Crippen LogP contribution is -2.08. The van der Waals surface area contributed by atoms with Crippen molar-refractivity contribution in [3.63, 3.8) is 0 Å². The number of nitrogens with one attached hydrogen (secondary N) is 1. The molecule has 1 nitrogen and oxygen atoms in total. The molecule has 0 bridgehead atoms. The van der Waals surface area contributed by atoms with Crippen LogP contribution in [-0.2, 0) is 6.42 Å². The summed E-state index contributed by atoms with van der Waals surface area (Å²) in [4.78, 5) is 0. The molecule has 1 unspecified atom stereocenters. The lowest BCUT2D eigenvalue weighted by molar-refractivity contribution is 0.497. The molecular weight excluding hydrogens is 190 g/mol. The van der Waals surface area contributed by atoms with Crippen LogP contribution in [0.25, 0.3) is 0 Å². The highest BCUT2D eigenvalue weighted by molar-refractivity contribution is 7.07. The molecule has 2 heterocycles. The molecule has 78 valence electrons. The van der Waals surface area contributed by atoms with Gasteiger partial charge in [-0.25, -0.2) is 0 Å². The van der Waals surface area contributed by atoms with Gasteiger partial charge in [-0.05, 0) is 67.1 Å². The van der Waals surface area contributed by atoms with Crippen LogP contribution in [-0.4, -0.2) is 13.1 Å². The van der Waals surface area contributed by atoms with Crippen LogP contribution in [0.1, 0.15) is 31.2 Å². The molecule has 1 fully saturated rings. The Morgan fingerprint density at radius 2 is 2.43 bits per heavy atom. The second kappa shape index (κ2) is 5.52. The van der Waals surface area contributed by atoms with Gasteiger partial charge in [0, 0.05) is 0 Å². The lowest BCUT2D eigenvalue weighted by Gasteiger charge is -2.06. The minimum absolute atomic E-state index is 0.970. The Kier molecular flexibility index (Phi) is 4.02. The van der Waals surface area contributed by atoms with Crippen molar-refractivity contribution in [2.45, 2.75) is 32.1 Å². The first kappa shape index (κ1) is 10.2. The molecular formula is C12H19NS. The molecule has 0 aromatic carbocycles. The molecule has 0 saturated carbocycles. The highest BCUT2D eigenvalue weighted by Gasteiger charge is 2.13. The number of thiophene rings is 1. The smallest absolute Gasteiger partial charge is 0.00200 e. The van der Waals surface area contributed by atoms with Gasteiger partial charge in [-0.15, -0.1) is 0 Å². The predicted molar refractivity (Wildman–Crippen MR) is 62.9 cm³/mol. The third-order valence-electron chi connectivity index (χ3n) is 3.07. The van der Waals surface area contributed by atoms with Crippen molar-refractivity contribution in [2.75, 3.05) is 13.1 Å². The third-order valence-corrected chi connectivity index (χ3v) is 3.80. The lowest BCUT2D eigenvalue weighted by atomic mass is 10.00. The molecule has 1 aliphatic rings. The second-order valence-corrected chi connectivity index (χ2v) is 5.02. The van der Waals surface area contributed by atoms with Gasteiger partial charge in [0.05, 0.1) is 0 Å². The summed E-state index contributed by atoms with van der Waals surface area (Å²) < 4.78 is 0. The largest absolute Gasteiger partial charge is 0.316 e. The van der Waals surface area contributed by atoms with E-state index in [2.05, 4.69) is 22.1 Å². The van der Waals surface area contributed by atoms with Crippen molar-refractivity contribution in [2.24, 2.45) is 5.92 Å². The topological polar surface area (TPSA) is 12.0 Å². The van der Waals surface area contributed by atoms with E-state index >= 15 is 0 Å². The summed E-state index contributed by atoms with van der Waals surface area (Å²) in [6.07, 6.45) is 6.88. The minimum atomic E-state index is 0.970. The Hall–Kier alpha value is -0.340. The summed E-state index contributed by atoms with van der Waals surface area (Å²) in [5, 5.41) is 7.88. The summed E-state index contributed by atoms with van der Waals surface area (Å²) in [6, 6.07) is 2.25. The van der Waals surface area contributed by atoms with Crippen molar-refractivity contribution in [3.8, 4) is 0 Å². The Balaban J connectivity index is 1.55.